The van der Waals surface area contributed by atoms with Crippen LogP contribution in [-0.2, 0) is 27.5 Å². The molecule has 4 rings (SSSR count). The van der Waals surface area contributed by atoms with Gasteiger partial charge in [0.25, 0.3) is 5.91 Å². The van der Waals surface area contributed by atoms with Crippen LogP contribution in [0.25, 0.3) is 5.57 Å². The minimum atomic E-state index is -0.526. The van der Waals surface area contributed by atoms with E-state index in [0.717, 1.165) is 11.1 Å². The van der Waals surface area contributed by atoms with Gasteiger partial charge in [-0.15, -0.1) is 0 Å². The third-order valence-corrected chi connectivity index (χ3v) is 6.58. The summed E-state index contributed by atoms with van der Waals surface area (Å²) in [4.78, 5) is 53.1. The van der Waals surface area contributed by atoms with Crippen LogP contribution < -0.4 is 27.5 Å². The van der Waals surface area contributed by atoms with E-state index < -0.39 is 23.4 Å². The van der Waals surface area contributed by atoms with Crippen molar-refractivity contribution in [2.45, 2.75) is 19.5 Å². The summed E-state index contributed by atoms with van der Waals surface area (Å²) < 4.78 is 0. The SMILES string of the molecule is CN(C)NC1=CC(=O)C(c2cc(N)cc(C(=O)NCc3ccccc3)c2)=C(CC(=O)NCc2ccc(C(=N)N)cc2)C1=O. The van der Waals surface area contributed by atoms with Gasteiger partial charge < -0.3 is 27.5 Å². The molecule has 0 bridgehead atoms. The average Bonchev–Trinajstić information content (AvgIpc) is 2.97. The maximum Gasteiger partial charge on any atom is 0.251 e. The highest BCUT2D eigenvalue weighted by atomic mass is 16.2. The Balaban J connectivity index is 1.62. The molecule has 2 amide bonds. The van der Waals surface area contributed by atoms with Crippen molar-refractivity contribution in [3.63, 3.8) is 0 Å². The molecule has 1 aliphatic rings. The number of rotatable bonds is 11. The van der Waals surface area contributed by atoms with Gasteiger partial charge in [0.05, 0.1) is 6.42 Å². The largest absolute Gasteiger partial charge is 0.399 e. The van der Waals surface area contributed by atoms with Crippen molar-refractivity contribution in [2.75, 3.05) is 19.8 Å². The molecule has 11 nitrogen and oxygen atoms in total. The molecular weight excluding hydrogens is 546 g/mol. The molecular formula is C32H33N7O4. The van der Waals surface area contributed by atoms with Gasteiger partial charge in [-0.05, 0) is 34.9 Å². The fourth-order valence-corrected chi connectivity index (χ4v) is 4.54. The summed E-state index contributed by atoms with van der Waals surface area (Å²) in [5.41, 5.74) is 17.4. The second kappa shape index (κ2) is 13.4. The number of amidine groups is 1. The molecule has 11 heteroatoms. The van der Waals surface area contributed by atoms with E-state index in [1.54, 1.807) is 38.4 Å². The van der Waals surface area contributed by atoms with Crippen LogP contribution in [-0.4, -0.2) is 48.3 Å². The Kier molecular flexibility index (Phi) is 9.48. The number of hydrogen-bond acceptors (Lipinski definition) is 8. The molecule has 3 aromatic carbocycles. The van der Waals surface area contributed by atoms with Crippen LogP contribution >= 0.6 is 0 Å². The normalized spacial score (nSPS) is 13.0. The lowest BCUT2D eigenvalue weighted by Crippen LogP contribution is -2.37. The zero-order chi connectivity index (χ0) is 31.1. The molecule has 0 radical (unpaired) electrons. The summed E-state index contributed by atoms with van der Waals surface area (Å²) in [6, 6.07) is 20.7. The molecule has 220 valence electrons. The van der Waals surface area contributed by atoms with Gasteiger partial charge in [-0.1, -0.05) is 54.6 Å². The van der Waals surface area contributed by atoms with Crippen LogP contribution in [0, 0.1) is 5.41 Å². The Bertz CT molecular complexity index is 1640. The van der Waals surface area contributed by atoms with Crippen LogP contribution in [0.1, 0.15) is 39.0 Å². The highest BCUT2D eigenvalue weighted by Crippen LogP contribution is 2.31. The molecule has 0 aliphatic heterocycles. The quantitative estimate of drug-likeness (QED) is 0.0655. The molecule has 0 unspecified atom stereocenters. The van der Waals surface area contributed by atoms with Gasteiger partial charge in [0.1, 0.15) is 11.5 Å². The Hall–Kier alpha value is -5.55. The van der Waals surface area contributed by atoms with E-state index in [4.69, 9.17) is 16.9 Å². The molecule has 3 aromatic rings. The Labute approximate surface area is 249 Å². The maximum atomic E-state index is 13.6. The summed E-state index contributed by atoms with van der Waals surface area (Å²) >= 11 is 0. The number of nitrogens with two attached hydrogens (primary N) is 2. The molecule has 0 saturated heterocycles. The first-order valence-electron chi connectivity index (χ1n) is 13.4. The lowest BCUT2D eigenvalue weighted by Gasteiger charge is -2.23. The first-order chi connectivity index (χ1) is 20.5. The first kappa shape index (κ1) is 30.4. The lowest BCUT2D eigenvalue weighted by molar-refractivity contribution is -0.122. The van der Waals surface area contributed by atoms with Gasteiger partial charge in [-0.2, -0.15) is 0 Å². The fraction of sp³-hybridized carbons (Fsp3) is 0.156. The van der Waals surface area contributed by atoms with Gasteiger partial charge in [0.2, 0.25) is 11.7 Å². The lowest BCUT2D eigenvalue weighted by atomic mass is 9.85. The molecule has 0 fully saturated rings. The van der Waals surface area contributed by atoms with Gasteiger partial charge in [-0.3, -0.25) is 24.6 Å². The zero-order valence-electron chi connectivity index (χ0n) is 23.9. The van der Waals surface area contributed by atoms with Crippen LogP contribution in [0.5, 0.6) is 0 Å². The number of nitrogens with one attached hydrogen (secondary N) is 4. The fourth-order valence-electron chi connectivity index (χ4n) is 4.54. The molecule has 0 saturated carbocycles. The number of hydrogen-bond donors (Lipinski definition) is 6. The predicted octanol–water partition coefficient (Wildman–Crippen LogP) is 2.04. The van der Waals surface area contributed by atoms with Crippen LogP contribution in [0.3, 0.4) is 0 Å². The monoisotopic (exact) mass is 579 g/mol. The molecule has 8 N–H and O–H groups in total. The van der Waals surface area contributed by atoms with E-state index in [0.29, 0.717) is 5.56 Å². The van der Waals surface area contributed by atoms with Crippen molar-refractivity contribution in [1.29, 1.82) is 5.41 Å². The zero-order valence-corrected chi connectivity index (χ0v) is 23.9. The van der Waals surface area contributed by atoms with Gasteiger partial charge in [-0.25, -0.2) is 5.01 Å². The number of benzene rings is 3. The van der Waals surface area contributed by atoms with Gasteiger partial charge in [0, 0.05) is 61.2 Å². The number of anilines is 1. The van der Waals surface area contributed by atoms with E-state index in [1.807, 2.05) is 30.3 Å². The van der Waals surface area contributed by atoms with E-state index in [-0.39, 0.29) is 59.0 Å². The average molecular weight is 580 g/mol. The van der Waals surface area contributed by atoms with Crippen molar-refractivity contribution in [3.8, 4) is 0 Å². The molecule has 0 atom stereocenters. The number of amides is 2. The van der Waals surface area contributed by atoms with Gasteiger partial charge >= 0.3 is 0 Å². The molecule has 1 aliphatic carbocycles. The summed E-state index contributed by atoms with van der Waals surface area (Å²) in [5.74, 6) is -1.99. The topological polar surface area (TPSA) is 184 Å². The predicted molar refractivity (Wildman–Crippen MR) is 164 cm³/mol. The highest BCUT2D eigenvalue weighted by molar-refractivity contribution is 6.38. The second-order valence-electron chi connectivity index (χ2n) is 10.2. The van der Waals surface area contributed by atoms with Crippen molar-refractivity contribution in [1.82, 2.24) is 21.1 Å². The number of ketones is 2. The highest BCUT2D eigenvalue weighted by Gasteiger charge is 2.31. The summed E-state index contributed by atoms with van der Waals surface area (Å²) in [6.45, 7) is 0.444. The minimum Gasteiger partial charge on any atom is -0.399 e. The number of hydrazine groups is 1. The molecule has 0 aromatic heterocycles. The molecule has 0 heterocycles. The molecule has 0 spiro atoms. The van der Waals surface area contributed by atoms with Crippen molar-refractivity contribution in [3.05, 3.63) is 118 Å². The van der Waals surface area contributed by atoms with Gasteiger partial charge in [0.15, 0.2) is 5.78 Å². The van der Waals surface area contributed by atoms with E-state index in [9.17, 15) is 19.2 Å². The number of carbonyl (C=O) groups excluding carboxylic acids is 4. The number of nitrogen functional groups attached to an aromatic ring is 2. The third-order valence-electron chi connectivity index (χ3n) is 6.58. The summed E-state index contributed by atoms with van der Waals surface area (Å²) in [6.07, 6.45) is 0.788. The van der Waals surface area contributed by atoms with Crippen LogP contribution in [0.15, 0.2) is 90.1 Å². The third kappa shape index (κ3) is 7.80. The van der Waals surface area contributed by atoms with E-state index >= 15 is 0 Å². The number of Topliss-reactive ketones (excluding diaryl/α,β-unsaturated/α-hetero) is 1. The van der Waals surface area contributed by atoms with E-state index in [1.165, 1.54) is 29.3 Å². The number of nitrogens with zero attached hydrogens (tertiary/aromatic N) is 1. The standard InChI is InChI=1S/C32H33N7O4/c1-39(2)38-26-16-27(40)29(22-12-23(14-24(33)13-22)32(43)37-18-19-6-4-3-5-7-19)25(30(26)42)15-28(41)36-17-20-8-10-21(11-9-20)31(34)35/h3-14,16,38H,15,17-18,33H2,1-2H3,(H3,34,35)(H,36,41)(H,37,43). The first-order valence-corrected chi connectivity index (χ1v) is 13.4. The minimum absolute atomic E-state index is 0.000299. The Morgan fingerprint density at radius 1 is 0.860 bits per heavy atom. The van der Waals surface area contributed by atoms with Crippen molar-refractivity contribution < 1.29 is 19.2 Å². The van der Waals surface area contributed by atoms with Crippen molar-refractivity contribution >= 4 is 40.5 Å². The smallest absolute Gasteiger partial charge is 0.251 e. The number of allylic oxidation sites excluding steroid dienone is 3. The Morgan fingerprint density at radius 3 is 2.16 bits per heavy atom. The van der Waals surface area contributed by atoms with E-state index in [2.05, 4.69) is 16.1 Å². The number of carbonyl (C=O) groups is 4. The maximum absolute atomic E-state index is 13.6. The van der Waals surface area contributed by atoms with Crippen LogP contribution in [0.4, 0.5) is 5.69 Å². The molecule has 43 heavy (non-hydrogen) atoms. The second-order valence-corrected chi connectivity index (χ2v) is 10.2. The van der Waals surface area contributed by atoms with Crippen molar-refractivity contribution in [2.24, 2.45) is 5.73 Å². The summed E-state index contributed by atoms with van der Waals surface area (Å²) in [5, 5.41) is 14.6. The summed E-state index contributed by atoms with van der Waals surface area (Å²) in [7, 11) is 3.33. The van der Waals surface area contributed by atoms with Crippen LogP contribution in [0.2, 0.25) is 0 Å². The Morgan fingerprint density at radius 2 is 1.51 bits per heavy atom.